The number of nitrogens with one attached hydrogen (secondary N) is 1. The fourth-order valence-electron chi connectivity index (χ4n) is 3.15. The minimum Gasteiger partial charge on any atom is -0.493 e. The first-order valence-electron chi connectivity index (χ1n) is 10.7. The first-order valence-corrected chi connectivity index (χ1v) is 12.4. The second kappa shape index (κ2) is 12.1. The lowest BCUT2D eigenvalue weighted by Gasteiger charge is -2.23. The lowest BCUT2D eigenvalue weighted by molar-refractivity contribution is 0.0736. The first kappa shape index (κ1) is 26.8. The Hall–Kier alpha value is -2.46. The number of nitrogens with zero attached hydrogens (tertiary/aromatic N) is 1. The van der Waals surface area contributed by atoms with Crippen LogP contribution < -0.4 is 5.32 Å². The smallest absolute Gasteiger partial charge is 0.410 e. The molecule has 1 saturated heterocycles. The van der Waals surface area contributed by atoms with Gasteiger partial charge in [-0.25, -0.2) is 9.59 Å². The van der Waals surface area contributed by atoms with Gasteiger partial charge in [0.2, 0.25) is 0 Å². The van der Waals surface area contributed by atoms with Crippen LogP contribution in [0, 0.1) is 0 Å². The summed E-state index contributed by atoms with van der Waals surface area (Å²) in [6.07, 6.45) is 1.50. The molecule has 182 valence electrons. The molecular formula is C23H32N2O6S2. The molecule has 1 N–H and O–H groups in total. The van der Waals surface area contributed by atoms with E-state index in [1.165, 1.54) is 17.4 Å². The summed E-state index contributed by atoms with van der Waals surface area (Å²) in [4.78, 5) is 40.3. The Balaban J connectivity index is 2.00. The van der Waals surface area contributed by atoms with Gasteiger partial charge in [-0.1, -0.05) is 19.2 Å². The van der Waals surface area contributed by atoms with Crippen LogP contribution in [0.25, 0.3) is 5.76 Å². The zero-order valence-electron chi connectivity index (χ0n) is 19.5. The summed E-state index contributed by atoms with van der Waals surface area (Å²) in [6.45, 7) is 15.8. The molecule has 1 aliphatic heterocycles. The lowest BCUT2D eigenvalue weighted by atomic mass is 10.2. The molecule has 8 nitrogen and oxygen atoms in total. The van der Waals surface area contributed by atoms with Gasteiger partial charge in [0.15, 0.2) is 0 Å². The third-order valence-electron chi connectivity index (χ3n) is 4.51. The van der Waals surface area contributed by atoms with Gasteiger partial charge in [0.05, 0.1) is 22.4 Å². The van der Waals surface area contributed by atoms with Gasteiger partial charge in [0.25, 0.3) is 5.91 Å². The monoisotopic (exact) mass is 496 g/mol. The van der Waals surface area contributed by atoms with Crippen molar-refractivity contribution in [2.75, 3.05) is 26.3 Å². The second-order valence-electron chi connectivity index (χ2n) is 8.34. The molecule has 2 heterocycles. The van der Waals surface area contributed by atoms with E-state index in [0.29, 0.717) is 30.2 Å². The summed E-state index contributed by atoms with van der Waals surface area (Å²) in [7, 11) is 0. The van der Waals surface area contributed by atoms with Crippen molar-refractivity contribution in [2.45, 2.75) is 51.0 Å². The van der Waals surface area contributed by atoms with Crippen molar-refractivity contribution >= 4 is 46.2 Å². The van der Waals surface area contributed by atoms with Crippen molar-refractivity contribution in [3.8, 4) is 0 Å². The maximum Gasteiger partial charge on any atom is 0.410 e. The maximum absolute atomic E-state index is 12.7. The van der Waals surface area contributed by atoms with E-state index < -0.39 is 17.0 Å². The molecule has 0 unspecified atom stereocenters. The van der Waals surface area contributed by atoms with E-state index >= 15 is 0 Å². The molecule has 2 rings (SSSR count). The van der Waals surface area contributed by atoms with Crippen molar-refractivity contribution in [3.05, 3.63) is 41.1 Å². The maximum atomic E-state index is 12.7. The molecule has 10 heteroatoms. The number of amides is 2. The molecule has 0 spiro atoms. The highest BCUT2D eigenvalue weighted by atomic mass is 32.2. The quantitative estimate of drug-likeness (QED) is 0.295. The number of carbonyl (C=O) groups is 3. The number of likely N-dealkylation sites (tertiary alicyclic amines) is 1. The minimum absolute atomic E-state index is 0.0833. The summed E-state index contributed by atoms with van der Waals surface area (Å²) < 4.78 is 16.0. The van der Waals surface area contributed by atoms with Crippen LogP contribution in [0.15, 0.2) is 31.4 Å². The molecular weight excluding hydrogens is 464 g/mol. The van der Waals surface area contributed by atoms with E-state index in [-0.39, 0.29) is 30.4 Å². The van der Waals surface area contributed by atoms with Gasteiger partial charge in [-0.15, -0.1) is 11.3 Å². The van der Waals surface area contributed by atoms with Crippen LogP contribution in [-0.4, -0.2) is 65.4 Å². The predicted octanol–water partition coefficient (Wildman–Crippen LogP) is 4.92. The number of hydrogen-bond donors (Lipinski definition) is 1. The zero-order valence-corrected chi connectivity index (χ0v) is 21.2. The average molecular weight is 497 g/mol. The van der Waals surface area contributed by atoms with Crippen LogP contribution in [-0.2, 0) is 14.2 Å². The van der Waals surface area contributed by atoms with Gasteiger partial charge in [0, 0.05) is 18.3 Å². The zero-order chi connectivity index (χ0) is 24.6. The number of ether oxygens (including phenoxy) is 3. The van der Waals surface area contributed by atoms with E-state index in [4.69, 9.17) is 14.2 Å². The van der Waals surface area contributed by atoms with Crippen LogP contribution in [0.1, 0.15) is 48.7 Å². The summed E-state index contributed by atoms with van der Waals surface area (Å²) in [6, 6.07) is 3.19. The van der Waals surface area contributed by atoms with Crippen LogP contribution in [0.4, 0.5) is 9.59 Å². The lowest BCUT2D eigenvalue weighted by Crippen LogP contribution is -2.43. The highest BCUT2D eigenvalue weighted by Crippen LogP contribution is 2.31. The third-order valence-corrected chi connectivity index (χ3v) is 6.58. The highest BCUT2D eigenvalue weighted by molar-refractivity contribution is 8.13. The Kier molecular flexibility index (Phi) is 9.85. The fourth-order valence-corrected chi connectivity index (χ4v) is 5.12. The second-order valence-corrected chi connectivity index (χ2v) is 10.7. The minimum atomic E-state index is -0.592. The van der Waals surface area contributed by atoms with Crippen LogP contribution in [0.3, 0.4) is 0 Å². The van der Waals surface area contributed by atoms with Gasteiger partial charge in [-0.2, -0.15) is 0 Å². The highest BCUT2D eigenvalue weighted by Gasteiger charge is 2.38. The summed E-state index contributed by atoms with van der Waals surface area (Å²) in [5, 5.41) is 2.33. The van der Waals surface area contributed by atoms with Crippen LogP contribution in [0.5, 0.6) is 0 Å². The van der Waals surface area contributed by atoms with E-state index in [2.05, 4.69) is 18.5 Å². The molecule has 33 heavy (non-hydrogen) atoms. The number of carbonyl (C=O) groups excluding carboxylic acids is 3. The Morgan fingerprint density at radius 2 is 1.97 bits per heavy atom. The third kappa shape index (κ3) is 8.43. The van der Waals surface area contributed by atoms with Crippen molar-refractivity contribution in [1.82, 2.24) is 10.2 Å². The molecule has 0 aliphatic carbocycles. The topological polar surface area (TPSA) is 94.2 Å². The molecule has 2 atom stereocenters. The molecule has 0 radical (unpaired) electrons. The van der Waals surface area contributed by atoms with Gasteiger partial charge >= 0.3 is 11.4 Å². The molecule has 1 aliphatic rings. The fraction of sp³-hybridized carbons (Fsp3) is 0.522. The molecule has 0 aromatic carbocycles. The number of rotatable bonds is 9. The Morgan fingerprint density at radius 1 is 1.27 bits per heavy atom. The van der Waals surface area contributed by atoms with E-state index in [9.17, 15) is 14.4 Å². The number of thioether (sulfide) groups is 1. The van der Waals surface area contributed by atoms with Crippen LogP contribution in [0.2, 0.25) is 0 Å². The summed E-state index contributed by atoms with van der Waals surface area (Å²) >= 11 is 2.35. The summed E-state index contributed by atoms with van der Waals surface area (Å²) in [5.74, 6) is 0.272. The van der Waals surface area contributed by atoms with E-state index in [1.807, 2.05) is 6.92 Å². The van der Waals surface area contributed by atoms with Gasteiger partial charge in [0.1, 0.15) is 18.0 Å². The normalized spacial score (nSPS) is 17.9. The molecule has 1 aromatic heterocycles. The van der Waals surface area contributed by atoms with E-state index in [0.717, 1.165) is 16.6 Å². The van der Waals surface area contributed by atoms with Crippen molar-refractivity contribution in [2.24, 2.45) is 0 Å². The Morgan fingerprint density at radius 3 is 2.61 bits per heavy atom. The van der Waals surface area contributed by atoms with Gasteiger partial charge in [-0.05, 0) is 58.0 Å². The standard InChI is InChI=1S/C23H32N2O6S2/c1-7-11-30-21(27)25-14-17(32-22(28)31-23(4,5)6)12-16(25)13-24-20(26)19-10-9-18(33-19)15(3)29-8-2/h7,9-10,16-17H,1,3,8,11-14H2,2,4-6H3,(H,24,26)/t16-,17-/m0/s1. The average Bonchev–Trinajstić information content (AvgIpc) is 3.36. The SMILES string of the molecule is C=CCOC(=O)N1C[C@@H](SC(=O)OC(C)(C)C)C[C@H]1CNC(=O)c1ccc(C(=C)OCC)s1. The summed E-state index contributed by atoms with van der Waals surface area (Å²) in [5.41, 5.74) is -0.592. The largest absolute Gasteiger partial charge is 0.493 e. The number of thiophene rings is 1. The van der Waals surface area contributed by atoms with Crippen molar-refractivity contribution < 1.29 is 28.6 Å². The molecule has 1 fully saturated rings. The van der Waals surface area contributed by atoms with E-state index in [1.54, 1.807) is 37.8 Å². The molecule has 0 saturated carbocycles. The molecule has 2 amide bonds. The van der Waals surface area contributed by atoms with Gasteiger partial charge in [-0.3, -0.25) is 4.79 Å². The predicted molar refractivity (Wildman–Crippen MR) is 132 cm³/mol. The van der Waals surface area contributed by atoms with Crippen LogP contribution >= 0.6 is 23.1 Å². The number of hydrogen-bond acceptors (Lipinski definition) is 8. The Bertz CT molecular complexity index is 877. The van der Waals surface area contributed by atoms with Gasteiger partial charge < -0.3 is 24.4 Å². The Labute approximate surface area is 203 Å². The van der Waals surface area contributed by atoms with Crippen molar-refractivity contribution in [3.63, 3.8) is 0 Å². The van der Waals surface area contributed by atoms with Crippen molar-refractivity contribution in [1.29, 1.82) is 0 Å². The molecule has 1 aromatic rings. The first-order chi connectivity index (χ1) is 15.5. The molecule has 0 bridgehead atoms.